The van der Waals surface area contributed by atoms with Crippen molar-refractivity contribution >= 4 is 11.0 Å². The van der Waals surface area contributed by atoms with Crippen molar-refractivity contribution in [1.82, 2.24) is 20.4 Å². The largest absolute Gasteiger partial charge is 0.382 e. The molecule has 1 aliphatic heterocycles. The monoisotopic (exact) mass is 484 g/mol. The van der Waals surface area contributed by atoms with Crippen LogP contribution in [0.1, 0.15) is 56.0 Å². The number of fused-ring (bicyclic) bond motifs is 1. The highest BCUT2D eigenvalue weighted by Crippen LogP contribution is 2.42. The molecule has 4 rings (SSSR count). The highest BCUT2D eigenvalue weighted by molar-refractivity contribution is 5.88. The van der Waals surface area contributed by atoms with E-state index >= 15 is 0 Å². The molecule has 0 fully saturated rings. The van der Waals surface area contributed by atoms with E-state index < -0.39 is 5.60 Å². The van der Waals surface area contributed by atoms with Gasteiger partial charge in [0.2, 0.25) is 0 Å². The van der Waals surface area contributed by atoms with Crippen LogP contribution in [0.4, 0.5) is 0 Å². The quantitative estimate of drug-likeness (QED) is 0.226. The van der Waals surface area contributed by atoms with E-state index in [1.54, 1.807) is 6.08 Å². The summed E-state index contributed by atoms with van der Waals surface area (Å²) in [5.41, 5.74) is 5.07. The van der Waals surface area contributed by atoms with Crippen LogP contribution >= 0.6 is 0 Å². The Morgan fingerprint density at radius 1 is 1.25 bits per heavy atom. The second-order valence-corrected chi connectivity index (χ2v) is 9.33. The number of benzene rings is 1. The molecule has 188 valence electrons. The van der Waals surface area contributed by atoms with Crippen LogP contribution in [-0.4, -0.2) is 26.8 Å². The van der Waals surface area contributed by atoms with E-state index in [-0.39, 0.29) is 0 Å². The Morgan fingerprint density at radius 2 is 2.08 bits per heavy atom. The maximum absolute atomic E-state index is 12.6. The molecule has 3 aromatic rings. The summed E-state index contributed by atoms with van der Waals surface area (Å²) in [6.07, 6.45) is 17.5. The Bertz CT molecular complexity index is 1350. The van der Waals surface area contributed by atoms with Gasteiger partial charge in [0.05, 0.1) is 22.4 Å². The summed E-state index contributed by atoms with van der Waals surface area (Å²) in [5.74, 6) is 1.67. The van der Waals surface area contributed by atoms with E-state index in [2.05, 4.69) is 35.0 Å². The Labute approximate surface area is 213 Å². The van der Waals surface area contributed by atoms with Crippen LogP contribution in [0.2, 0.25) is 0 Å². The molecule has 1 atom stereocenters. The second kappa shape index (κ2) is 11.0. The average molecular weight is 485 g/mol. The summed E-state index contributed by atoms with van der Waals surface area (Å²) in [7, 11) is 0. The number of nitrogens with zero attached hydrogens (tertiary/aromatic N) is 2. The van der Waals surface area contributed by atoms with E-state index in [1.807, 2.05) is 63.3 Å². The van der Waals surface area contributed by atoms with Crippen molar-refractivity contribution < 1.29 is 9.63 Å². The van der Waals surface area contributed by atoms with Gasteiger partial charge in [0.25, 0.3) is 0 Å². The summed E-state index contributed by atoms with van der Waals surface area (Å²) < 4.78 is 5.49. The number of dihydropyridines is 1. The van der Waals surface area contributed by atoms with E-state index in [0.29, 0.717) is 17.8 Å². The third-order valence-corrected chi connectivity index (χ3v) is 6.73. The van der Waals surface area contributed by atoms with Gasteiger partial charge in [-0.3, -0.25) is 0 Å². The van der Waals surface area contributed by atoms with Crippen LogP contribution in [-0.2, 0) is 12.0 Å². The van der Waals surface area contributed by atoms with Gasteiger partial charge < -0.3 is 19.9 Å². The minimum Gasteiger partial charge on any atom is -0.382 e. The van der Waals surface area contributed by atoms with Gasteiger partial charge in [-0.1, -0.05) is 68.0 Å². The molecule has 0 bridgehead atoms. The predicted octanol–water partition coefficient (Wildman–Crippen LogP) is 6.49. The van der Waals surface area contributed by atoms with Gasteiger partial charge in [-0.15, -0.1) is 0 Å². The number of imidazole rings is 1. The Balaban J connectivity index is 2.00. The number of aliphatic hydroxyl groups is 1. The molecule has 36 heavy (non-hydrogen) atoms. The maximum atomic E-state index is 12.6. The molecular formula is C30H36N4O2. The molecule has 1 aliphatic rings. The van der Waals surface area contributed by atoms with Crippen molar-refractivity contribution in [1.29, 1.82) is 0 Å². The van der Waals surface area contributed by atoms with Gasteiger partial charge in [0.15, 0.2) is 5.60 Å². The molecule has 6 heteroatoms. The number of hydrogen-bond acceptors (Lipinski definition) is 5. The molecule has 3 heterocycles. The van der Waals surface area contributed by atoms with Crippen molar-refractivity contribution in [3.8, 4) is 11.1 Å². The summed E-state index contributed by atoms with van der Waals surface area (Å²) in [6, 6.07) is 4.11. The normalized spacial score (nSPS) is 15.8. The number of H-pyrrole nitrogens is 1. The topological polar surface area (TPSA) is 87.0 Å². The van der Waals surface area contributed by atoms with Crippen molar-refractivity contribution in [2.45, 2.75) is 59.0 Å². The van der Waals surface area contributed by atoms with E-state index in [0.717, 1.165) is 70.7 Å². The molecule has 1 aromatic carbocycles. The summed E-state index contributed by atoms with van der Waals surface area (Å²) in [5, 5.41) is 20.1. The van der Waals surface area contributed by atoms with Crippen molar-refractivity contribution in [3.05, 3.63) is 95.4 Å². The fraction of sp³-hybridized carbons (Fsp3) is 0.333. The molecule has 0 aliphatic carbocycles. The van der Waals surface area contributed by atoms with Crippen LogP contribution in [0.5, 0.6) is 0 Å². The first-order valence-corrected chi connectivity index (χ1v) is 12.7. The minimum absolute atomic E-state index is 0.638. The van der Waals surface area contributed by atoms with Crippen LogP contribution in [0, 0.1) is 13.8 Å². The molecular weight excluding hydrogens is 448 g/mol. The fourth-order valence-corrected chi connectivity index (χ4v) is 4.82. The third kappa shape index (κ3) is 4.86. The lowest BCUT2D eigenvalue weighted by Crippen LogP contribution is -2.38. The van der Waals surface area contributed by atoms with Gasteiger partial charge >= 0.3 is 0 Å². The fourth-order valence-electron chi connectivity index (χ4n) is 4.82. The molecule has 0 spiro atoms. The molecule has 0 saturated carbocycles. The van der Waals surface area contributed by atoms with Crippen LogP contribution < -0.4 is 5.32 Å². The van der Waals surface area contributed by atoms with Gasteiger partial charge in [-0.25, -0.2) is 4.98 Å². The first kappa shape index (κ1) is 25.5. The van der Waals surface area contributed by atoms with Crippen LogP contribution in [0.15, 0.2) is 77.0 Å². The Kier molecular flexibility index (Phi) is 7.75. The number of aryl methyl sites for hydroxylation is 3. The predicted molar refractivity (Wildman–Crippen MR) is 147 cm³/mol. The number of unbranched alkanes of at least 4 members (excludes halogenated alkanes) is 2. The molecule has 3 N–H and O–H groups in total. The zero-order chi connectivity index (χ0) is 25.7. The average Bonchev–Trinajstić information content (AvgIpc) is 3.45. The lowest BCUT2D eigenvalue weighted by molar-refractivity contribution is 0.110. The van der Waals surface area contributed by atoms with Gasteiger partial charge in [-0.05, 0) is 56.5 Å². The molecule has 0 radical (unpaired) electrons. The highest BCUT2D eigenvalue weighted by atomic mass is 16.5. The smallest absolute Gasteiger partial charge is 0.153 e. The second-order valence-electron chi connectivity index (χ2n) is 9.33. The Morgan fingerprint density at radius 3 is 2.75 bits per heavy atom. The maximum Gasteiger partial charge on any atom is 0.153 e. The molecule has 2 aromatic heterocycles. The number of aromatic nitrogens is 3. The van der Waals surface area contributed by atoms with Crippen LogP contribution in [0.3, 0.4) is 0 Å². The summed E-state index contributed by atoms with van der Waals surface area (Å²) in [6.45, 7) is 12.4. The summed E-state index contributed by atoms with van der Waals surface area (Å²) in [4.78, 5) is 8.53. The van der Waals surface area contributed by atoms with E-state index in [1.165, 1.54) is 0 Å². The lowest BCUT2D eigenvalue weighted by Gasteiger charge is -2.34. The Hall–Kier alpha value is -3.64. The van der Waals surface area contributed by atoms with E-state index in [4.69, 9.17) is 9.51 Å². The third-order valence-electron chi connectivity index (χ3n) is 6.73. The number of allylic oxidation sites excluding steroid dienone is 6. The molecule has 0 amide bonds. The first-order chi connectivity index (χ1) is 17.4. The molecule has 6 nitrogen and oxygen atoms in total. The first-order valence-electron chi connectivity index (χ1n) is 12.7. The number of aromatic amines is 1. The van der Waals surface area contributed by atoms with Crippen molar-refractivity contribution in [3.63, 3.8) is 0 Å². The van der Waals surface area contributed by atoms with Crippen LogP contribution in [0.25, 0.3) is 22.2 Å². The zero-order valence-electron chi connectivity index (χ0n) is 21.7. The van der Waals surface area contributed by atoms with Crippen molar-refractivity contribution in [2.24, 2.45) is 0 Å². The summed E-state index contributed by atoms with van der Waals surface area (Å²) >= 11 is 0. The molecule has 1 unspecified atom stereocenters. The SMILES string of the molecule is C=C/C=C\C=C(/C)C(O)(C1=CC=CCN1)c1cc(-c2c(C)noc2C)cc2[nH]c(CCCCC)nc12. The van der Waals surface area contributed by atoms with Gasteiger partial charge in [-0.2, -0.15) is 0 Å². The standard InChI is InChI=1S/C30H36N4O2/c1-6-8-10-14-20(3)30(35,26-15-12-13-17-31-26)24-18-23(28-21(4)34-36-22(28)5)19-25-29(24)33-27(32-25)16-11-9-7-2/h6,8,10,12-15,18-19,31,35H,1,7,9,11,16-17H2,2-5H3,(H,32,33)/b10-8-,20-14+. The number of nitrogens with one attached hydrogen (secondary N) is 2. The molecule has 0 saturated heterocycles. The zero-order valence-corrected chi connectivity index (χ0v) is 21.7. The minimum atomic E-state index is -1.43. The van der Waals surface area contributed by atoms with Gasteiger partial charge in [0, 0.05) is 24.1 Å². The number of hydrogen-bond donors (Lipinski definition) is 3. The van der Waals surface area contributed by atoms with Gasteiger partial charge in [0.1, 0.15) is 11.6 Å². The highest BCUT2D eigenvalue weighted by Gasteiger charge is 2.39. The number of rotatable bonds is 10. The van der Waals surface area contributed by atoms with E-state index in [9.17, 15) is 5.11 Å². The van der Waals surface area contributed by atoms with Crippen molar-refractivity contribution in [2.75, 3.05) is 6.54 Å². The lowest BCUT2D eigenvalue weighted by atomic mass is 9.80.